The monoisotopic (exact) mass is 314 g/mol. The molecule has 1 fully saturated rings. The van der Waals surface area contributed by atoms with Crippen LogP contribution in [0, 0.1) is 24.2 Å². The number of carbonyl (C=O) groups excluding carboxylic acids is 2. The summed E-state index contributed by atoms with van der Waals surface area (Å²) in [6.45, 7) is -0.137. The molecule has 0 spiro atoms. The Kier molecular flexibility index (Phi) is 5.02. The third-order valence-corrected chi connectivity index (χ3v) is 3.98. The Morgan fingerprint density at radius 1 is 1.35 bits per heavy atom. The normalized spacial score (nSPS) is 19.1. The van der Waals surface area contributed by atoms with Gasteiger partial charge in [-0.3, -0.25) is 14.4 Å². The molecule has 0 bridgehead atoms. The van der Waals surface area contributed by atoms with Gasteiger partial charge in [-0.25, -0.2) is 0 Å². The van der Waals surface area contributed by atoms with E-state index in [2.05, 4.69) is 11.2 Å². The number of aliphatic carboxylic acids is 1. The van der Waals surface area contributed by atoms with E-state index in [0.29, 0.717) is 24.1 Å². The number of carboxylic acid groups (broad SMARTS) is 1. The highest BCUT2D eigenvalue weighted by Crippen LogP contribution is 2.35. The third-order valence-electron chi connectivity index (χ3n) is 3.98. The first-order chi connectivity index (χ1) is 10.9. The molecule has 0 aromatic heterocycles. The zero-order chi connectivity index (χ0) is 17.0. The molecule has 0 saturated heterocycles. The van der Waals surface area contributed by atoms with Gasteiger partial charge >= 0.3 is 5.97 Å². The molecule has 120 valence electrons. The molecule has 2 unspecified atom stereocenters. The molecule has 2 rings (SSSR count). The van der Waals surface area contributed by atoms with E-state index in [-0.39, 0.29) is 18.4 Å². The number of rotatable bonds is 5. The summed E-state index contributed by atoms with van der Waals surface area (Å²) in [5.74, 6) is -0.326. The number of hydrogen-bond donors (Lipinski definition) is 2. The van der Waals surface area contributed by atoms with E-state index in [9.17, 15) is 14.4 Å². The summed E-state index contributed by atoms with van der Waals surface area (Å²) < 4.78 is 0. The molecule has 2 atom stereocenters. The van der Waals surface area contributed by atoms with Gasteiger partial charge in [-0.05, 0) is 31.0 Å². The number of nitrogens with one attached hydrogen (secondary N) is 1. The van der Waals surface area contributed by atoms with Crippen LogP contribution >= 0.6 is 0 Å². The fourth-order valence-corrected chi connectivity index (χ4v) is 2.55. The maximum Gasteiger partial charge on any atom is 0.307 e. The van der Waals surface area contributed by atoms with Gasteiger partial charge in [-0.2, -0.15) is 0 Å². The Hall–Kier alpha value is -2.81. The molecule has 2 N–H and O–H groups in total. The minimum atomic E-state index is -0.960. The van der Waals surface area contributed by atoms with Gasteiger partial charge in [0.25, 0.3) is 0 Å². The Morgan fingerprint density at radius 2 is 2.04 bits per heavy atom. The van der Waals surface area contributed by atoms with Gasteiger partial charge in [0.05, 0.1) is 18.4 Å². The van der Waals surface area contributed by atoms with E-state index < -0.39 is 17.8 Å². The smallest absolute Gasteiger partial charge is 0.307 e. The van der Waals surface area contributed by atoms with Crippen LogP contribution in [-0.4, -0.2) is 41.4 Å². The van der Waals surface area contributed by atoms with Gasteiger partial charge in [0.15, 0.2) is 0 Å². The predicted octanol–water partition coefficient (Wildman–Crippen LogP) is 1.18. The van der Waals surface area contributed by atoms with Crippen molar-refractivity contribution >= 4 is 23.5 Å². The average molecular weight is 314 g/mol. The predicted molar refractivity (Wildman–Crippen MR) is 84.5 cm³/mol. The van der Waals surface area contributed by atoms with Crippen molar-refractivity contribution in [3.8, 4) is 12.3 Å². The zero-order valence-corrected chi connectivity index (χ0v) is 12.8. The summed E-state index contributed by atoms with van der Waals surface area (Å²) in [5.41, 5.74) is 1.20. The minimum Gasteiger partial charge on any atom is -0.481 e. The van der Waals surface area contributed by atoms with Crippen molar-refractivity contribution in [1.29, 1.82) is 0 Å². The number of anilines is 1. The number of amides is 2. The van der Waals surface area contributed by atoms with Gasteiger partial charge in [0, 0.05) is 18.3 Å². The van der Waals surface area contributed by atoms with Crippen molar-refractivity contribution in [2.24, 2.45) is 11.8 Å². The number of likely N-dealkylation sites (N-methyl/N-ethyl adjacent to an activating group) is 1. The molecule has 6 heteroatoms. The minimum absolute atomic E-state index is 0.137. The second-order valence-electron chi connectivity index (χ2n) is 5.60. The average Bonchev–Trinajstić information content (AvgIpc) is 2.45. The second-order valence-corrected chi connectivity index (χ2v) is 5.60. The van der Waals surface area contributed by atoms with Gasteiger partial charge in [-0.1, -0.05) is 12.0 Å². The highest BCUT2D eigenvalue weighted by molar-refractivity contribution is 5.95. The summed E-state index contributed by atoms with van der Waals surface area (Å²) in [5, 5.41) is 11.7. The van der Waals surface area contributed by atoms with Gasteiger partial charge in [0.1, 0.15) is 0 Å². The fraction of sp³-hybridized carbons (Fsp3) is 0.353. The van der Waals surface area contributed by atoms with Crippen LogP contribution in [0.25, 0.3) is 0 Å². The molecule has 1 aromatic rings. The molecule has 1 aliphatic rings. The fourth-order valence-electron chi connectivity index (χ4n) is 2.55. The highest BCUT2D eigenvalue weighted by atomic mass is 16.4. The Bertz CT molecular complexity index is 677. The largest absolute Gasteiger partial charge is 0.481 e. The van der Waals surface area contributed by atoms with E-state index >= 15 is 0 Å². The van der Waals surface area contributed by atoms with Crippen molar-refractivity contribution in [1.82, 2.24) is 4.90 Å². The molecule has 23 heavy (non-hydrogen) atoms. The molecule has 2 amide bonds. The number of benzene rings is 1. The highest BCUT2D eigenvalue weighted by Gasteiger charge is 2.42. The van der Waals surface area contributed by atoms with E-state index in [4.69, 9.17) is 11.5 Å². The van der Waals surface area contributed by atoms with Crippen LogP contribution in [0.1, 0.15) is 18.4 Å². The van der Waals surface area contributed by atoms with Crippen LogP contribution in [0.3, 0.4) is 0 Å². The lowest BCUT2D eigenvalue weighted by Gasteiger charge is -2.34. The summed E-state index contributed by atoms with van der Waals surface area (Å²) in [6.07, 6.45) is 6.35. The van der Waals surface area contributed by atoms with Gasteiger partial charge in [0.2, 0.25) is 11.8 Å². The van der Waals surface area contributed by atoms with Gasteiger partial charge in [-0.15, -0.1) is 6.42 Å². The summed E-state index contributed by atoms with van der Waals surface area (Å²) in [7, 11) is 1.50. The number of carbonyl (C=O) groups is 3. The number of hydrogen-bond acceptors (Lipinski definition) is 3. The van der Waals surface area contributed by atoms with E-state index in [0.717, 1.165) is 0 Å². The number of terminal acetylenes is 1. The standard InChI is InChI=1S/C17H18N2O4/c1-3-11-5-4-6-12(9-11)18-15(20)10-19(2)16(21)13-7-8-14(13)17(22)23/h1,4-6,9,13-14H,7-8,10H2,2H3,(H,18,20)(H,22,23). The molecular formula is C17H18N2O4. The van der Waals surface area contributed by atoms with Crippen LogP contribution in [0.15, 0.2) is 24.3 Å². The lowest BCUT2D eigenvalue weighted by atomic mass is 9.73. The molecule has 1 aromatic carbocycles. The molecule has 0 aliphatic heterocycles. The topological polar surface area (TPSA) is 86.7 Å². The van der Waals surface area contributed by atoms with Crippen molar-refractivity contribution in [3.63, 3.8) is 0 Å². The van der Waals surface area contributed by atoms with Crippen molar-refractivity contribution in [2.75, 3.05) is 18.9 Å². The van der Waals surface area contributed by atoms with Crippen LogP contribution in [0.4, 0.5) is 5.69 Å². The van der Waals surface area contributed by atoms with Crippen LogP contribution in [-0.2, 0) is 14.4 Å². The Balaban J connectivity index is 1.90. The molecular weight excluding hydrogens is 296 g/mol. The van der Waals surface area contributed by atoms with E-state index in [1.807, 2.05) is 0 Å². The molecule has 0 heterocycles. The third kappa shape index (κ3) is 3.89. The SMILES string of the molecule is C#Cc1cccc(NC(=O)CN(C)C(=O)C2CCC2C(=O)O)c1. The summed E-state index contributed by atoms with van der Waals surface area (Å²) in [6, 6.07) is 6.83. The lowest BCUT2D eigenvalue weighted by Crippen LogP contribution is -2.46. The summed E-state index contributed by atoms with van der Waals surface area (Å²) in [4.78, 5) is 36.4. The molecule has 1 aliphatic carbocycles. The Labute approximate surface area is 134 Å². The van der Waals surface area contributed by atoms with Crippen molar-refractivity contribution in [2.45, 2.75) is 12.8 Å². The molecule has 1 saturated carbocycles. The van der Waals surface area contributed by atoms with Crippen LogP contribution in [0.5, 0.6) is 0 Å². The van der Waals surface area contributed by atoms with E-state index in [1.54, 1.807) is 24.3 Å². The zero-order valence-electron chi connectivity index (χ0n) is 12.8. The quantitative estimate of drug-likeness (QED) is 0.799. The molecule has 6 nitrogen and oxygen atoms in total. The van der Waals surface area contributed by atoms with E-state index in [1.165, 1.54) is 11.9 Å². The molecule has 0 radical (unpaired) electrons. The summed E-state index contributed by atoms with van der Waals surface area (Å²) >= 11 is 0. The lowest BCUT2D eigenvalue weighted by molar-refractivity contribution is -0.156. The Morgan fingerprint density at radius 3 is 2.61 bits per heavy atom. The first-order valence-corrected chi connectivity index (χ1v) is 7.26. The van der Waals surface area contributed by atoms with Crippen molar-refractivity contribution in [3.05, 3.63) is 29.8 Å². The maximum absolute atomic E-state index is 12.2. The maximum atomic E-state index is 12.2. The van der Waals surface area contributed by atoms with Crippen LogP contribution in [0.2, 0.25) is 0 Å². The second kappa shape index (κ2) is 6.97. The number of nitrogens with zero attached hydrogens (tertiary/aromatic N) is 1. The first-order valence-electron chi connectivity index (χ1n) is 7.26. The first kappa shape index (κ1) is 16.6. The number of carboxylic acids is 1. The van der Waals surface area contributed by atoms with Crippen molar-refractivity contribution < 1.29 is 19.5 Å². The van der Waals surface area contributed by atoms with Gasteiger partial charge < -0.3 is 15.3 Å². The van der Waals surface area contributed by atoms with Crippen LogP contribution < -0.4 is 5.32 Å².